The number of aliphatic imine (C=N–C) groups is 1. The van der Waals surface area contributed by atoms with Gasteiger partial charge in [-0.25, -0.2) is 0 Å². The maximum absolute atomic E-state index is 10.1. The second-order valence-electron chi connectivity index (χ2n) is 6.04. The van der Waals surface area contributed by atoms with Crippen molar-refractivity contribution in [3.05, 3.63) is 36.0 Å². The monoisotopic (exact) mass is 300 g/mol. The van der Waals surface area contributed by atoms with Gasteiger partial charge in [-0.15, -0.1) is 0 Å². The lowest BCUT2D eigenvalue weighted by Gasteiger charge is -2.36. The molecule has 1 aromatic carbocycles. The summed E-state index contributed by atoms with van der Waals surface area (Å²) in [6.07, 6.45) is 5.87. The highest BCUT2D eigenvalue weighted by molar-refractivity contribution is 5.83. The number of fused-ring (bicyclic) bond motifs is 1. The molecule has 0 spiro atoms. The summed E-state index contributed by atoms with van der Waals surface area (Å²) < 4.78 is 0. The topological polar surface area (TPSA) is 72.4 Å². The van der Waals surface area contributed by atoms with Crippen LogP contribution in [-0.4, -0.2) is 41.8 Å². The first-order valence-electron chi connectivity index (χ1n) is 7.92. The molecule has 3 rings (SSSR count). The van der Waals surface area contributed by atoms with Crippen molar-refractivity contribution < 1.29 is 5.11 Å². The highest BCUT2D eigenvalue weighted by Crippen LogP contribution is 2.30. The van der Waals surface area contributed by atoms with E-state index in [9.17, 15) is 5.11 Å². The molecule has 1 aliphatic carbocycles. The summed E-state index contributed by atoms with van der Waals surface area (Å²) in [5.41, 5.74) is 1.94. The second kappa shape index (κ2) is 6.40. The third kappa shape index (κ3) is 3.25. The third-order valence-electron chi connectivity index (χ3n) is 4.45. The first-order chi connectivity index (χ1) is 10.7. The summed E-state index contributed by atoms with van der Waals surface area (Å²) in [7, 11) is 1.76. The number of nitrogens with one attached hydrogen (secondary N) is 3. The molecule has 0 saturated heterocycles. The third-order valence-corrected chi connectivity index (χ3v) is 4.45. The van der Waals surface area contributed by atoms with Gasteiger partial charge in [0.15, 0.2) is 5.96 Å². The Morgan fingerprint density at radius 3 is 2.86 bits per heavy atom. The van der Waals surface area contributed by atoms with Crippen LogP contribution in [0.4, 0.5) is 0 Å². The van der Waals surface area contributed by atoms with Crippen molar-refractivity contribution in [3.8, 4) is 0 Å². The number of aromatic nitrogens is 1. The Morgan fingerprint density at radius 1 is 1.32 bits per heavy atom. The van der Waals surface area contributed by atoms with E-state index >= 15 is 0 Å². The standard InChI is InChI=1S/C17H24N4O/c1-18-16(21-12-17(22)8-4-9-17)19-10-7-13-11-20-15-6-3-2-5-14(13)15/h2-3,5-6,11,20,22H,4,7-10,12H2,1H3,(H2,18,19,21). The van der Waals surface area contributed by atoms with Crippen molar-refractivity contribution in [1.82, 2.24) is 15.6 Å². The average molecular weight is 300 g/mol. The molecule has 1 saturated carbocycles. The predicted octanol–water partition coefficient (Wildman–Crippen LogP) is 1.79. The number of hydrogen-bond acceptors (Lipinski definition) is 2. The van der Waals surface area contributed by atoms with E-state index in [1.54, 1.807) is 7.05 Å². The van der Waals surface area contributed by atoms with Gasteiger partial charge in [-0.1, -0.05) is 18.2 Å². The van der Waals surface area contributed by atoms with Crippen molar-refractivity contribution >= 4 is 16.9 Å². The predicted molar refractivity (Wildman–Crippen MR) is 90.2 cm³/mol. The molecule has 5 nitrogen and oxygen atoms in total. The van der Waals surface area contributed by atoms with Gasteiger partial charge in [-0.3, -0.25) is 4.99 Å². The highest BCUT2D eigenvalue weighted by atomic mass is 16.3. The van der Waals surface area contributed by atoms with Gasteiger partial charge in [0.25, 0.3) is 0 Å². The molecule has 0 bridgehead atoms. The number of benzene rings is 1. The van der Waals surface area contributed by atoms with Crippen LogP contribution in [0.25, 0.3) is 10.9 Å². The fourth-order valence-electron chi connectivity index (χ4n) is 2.88. The number of hydrogen-bond donors (Lipinski definition) is 4. The molecule has 0 aliphatic heterocycles. The lowest BCUT2D eigenvalue weighted by Crippen LogP contribution is -2.50. The Morgan fingerprint density at radius 2 is 2.14 bits per heavy atom. The molecule has 1 fully saturated rings. The van der Waals surface area contributed by atoms with Crippen molar-refractivity contribution in [1.29, 1.82) is 0 Å². The van der Waals surface area contributed by atoms with Gasteiger partial charge >= 0.3 is 0 Å². The zero-order valence-corrected chi connectivity index (χ0v) is 13.0. The average Bonchev–Trinajstić information content (AvgIpc) is 2.92. The molecule has 4 N–H and O–H groups in total. The molecule has 0 amide bonds. The molecular weight excluding hydrogens is 276 g/mol. The van der Waals surface area contributed by atoms with Crippen molar-refractivity contribution in [3.63, 3.8) is 0 Å². The van der Waals surface area contributed by atoms with Gasteiger partial charge in [0.05, 0.1) is 5.60 Å². The molecule has 1 aromatic heterocycles. The van der Waals surface area contributed by atoms with E-state index in [0.717, 1.165) is 38.2 Å². The zero-order valence-electron chi connectivity index (χ0n) is 13.0. The second-order valence-corrected chi connectivity index (χ2v) is 6.04. The number of rotatable bonds is 5. The van der Waals surface area contributed by atoms with Gasteiger partial charge < -0.3 is 20.7 Å². The van der Waals surface area contributed by atoms with Crippen molar-refractivity contribution in [2.45, 2.75) is 31.3 Å². The minimum Gasteiger partial charge on any atom is -0.388 e. The minimum atomic E-state index is -0.533. The van der Waals surface area contributed by atoms with Gasteiger partial charge in [0.1, 0.15) is 0 Å². The number of H-pyrrole nitrogens is 1. The van der Waals surface area contributed by atoms with Crippen LogP contribution in [0.2, 0.25) is 0 Å². The summed E-state index contributed by atoms with van der Waals surface area (Å²) in [4.78, 5) is 7.50. The Labute approximate surface area is 130 Å². The van der Waals surface area contributed by atoms with E-state index in [4.69, 9.17) is 0 Å². The SMILES string of the molecule is CN=C(NCCc1c[nH]c2ccccc12)NCC1(O)CCC1. The zero-order chi connectivity index (χ0) is 15.4. The lowest BCUT2D eigenvalue weighted by atomic mass is 9.80. The first-order valence-corrected chi connectivity index (χ1v) is 7.92. The maximum Gasteiger partial charge on any atom is 0.191 e. The largest absolute Gasteiger partial charge is 0.388 e. The molecule has 5 heteroatoms. The number of nitrogens with zero attached hydrogens (tertiary/aromatic N) is 1. The van der Waals surface area contributed by atoms with E-state index in [2.05, 4.69) is 45.0 Å². The van der Waals surface area contributed by atoms with Gasteiger partial charge in [0.2, 0.25) is 0 Å². The molecular formula is C17H24N4O. The fourth-order valence-corrected chi connectivity index (χ4v) is 2.88. The van der Waals surface area contributed by atoms with E-state index < -0.39 is 5.60 Å². The molecule has 0 unspecified atom stereocenters. The smallest absolute Gasteiger partial charge is 0.191 e. The Kier molecular flexibility index (Phi) is 4.34. The molecule has 1 aliphatic rings. The van der Waals surface area contributed by atoms with Crippen LogP contribution in [0.1, 0.15) is 24.8 Å². The lowest BCUT2D eigenvalue weighted by molar-refractivity contribution is -0.0279. The molecule has 0 atom stereocenters. The van der Waals surface area contributed by atoms with Crippen LogP contribution in [0.5, 0.6) is 0 Å². The minimum absolute atomic E-state index is 0.533. The molecule has 118 valence electrons. The van der Waals surface area contributed by atoms with E-state index in [-0.39, 0.29) is 0 Å². The maximum atomic E-state index is 10.1. The first kappa shape index (κ1) is 14.9. The van der Waals surface area contributed by atoms with Crippen LogP contribution in [-0.2, 0) is 6.42 Å². The number of aromatic amines is 1. The van der Waals surface area contributed by atoms with Crippen LogP contribution < -0.4 is 10.6 Å². The Bertz CT molecular complexity index is 657. The molecule has 0 radical (unpaired) electrons. The van der Waals surface area contributed by atoms with Crippen molar-refractivity contribution in [2.24, 2.45) is 4.99 Å². The molecule has 2 aromatic rings. The molecule has 22 heavy (non-hydrogen) atoms. The molecule has 1 heterocycles. The Hall–Kier alpha value is -2.01. The summed E-state index contributed by atoms with van der Waals surface area (Å²) in [6, 6.07) is 8.33. The van der Waals surface area contributed by atoms with Gasteiger partial charge in [0, 0.05) is 37.2 Å². The van der Waals surface area contributed by atoms with Crippen LogP contribution >= 0.6 is 0 Å². The van der Waals surface area contributed by atoms with Gasteiger partial charge in [-0.05, 0) is 37.3 Å². The highest BCUT2D eigenvalue weighted by Gasteiger charge is 2.34. The number of aliphatic hydroxyl groups is 1. The van der Waals surface area contributed by atoms with Crippen LogP contribution in [0, 0.1) is 0 Å². The van der Waals surface area contributed by atoms with Crippen LogP contribution in [0.15, 0.2) is 35.5 Å². The van der Waals surface area contributed by atoms with E-state index in [1.807, 2.05) is 6.07 Å². The number of guanidine groups is 1. The van der Waals surface area contributed by atoms with Gasteiger partial charge in [-0.2, -0.15) is 0 Å². The summed E-state index contributed by atoms with van der Waals surface area (Å²) in [5.74, 6) is 0.750. The van der Waals surface area contributed by atoms with Crippen molar-refractivity contribution in [2.75, 3.05) is 20.1 Å². The quantitative estimate of drug-likeness (QED) is 0.502. The van der Waals surface area contributed by atoms with E-state index in [0.29, 0.717) is 6.54 Å². The summed E-state index contributed by atoms with van der Waals surface area (Å²) in [6.45, 7) is 1.37. The fraction of sp³-hybridized carbons (Fsp3) is 0.471. The Balaban J connectivity index is 1.49. The summed E-state index contributed by atoms with van der Waals surface area (Å²) >= 11 is 0. The van der Waals surface area contributed by atoms with E-state index in [1.165, 1.54) is 16.5 Å². The normalized spacial score (nSPS) is 17.3. The summed E-state index contributed by atoms with van der Waals surface area (Å²) in [5, 5.41) is 17.9. The number of para-hydroxylation sites is 1. The van der Waals surface area contributed by atoms with Crippen LogP contribution in [0.3, 0.4) is 0 Å².